The number of hydrogen-bond donors (Lipinski definition) is 0. The maximum atomic E-state index is 12.4. The van der Waals surface area contributed by atoms with Crippen molar-refractivity contribution in [2.75, 3.05) is 12.0 Å². The highest BCUT2D eigenvalue weighted by molar-refractivity contribution is 7.98. The lowest BCUT2D eigenvalue weighted by Gasteiger charge is -2.03. The molecule has 0 aliphatic carbocycles. The third kappa shape index (κ3) is 3.58. The van der Waals surface area contributed by atoms with Gasteiger partial charge in [-0.25, -0.2) is 0 Å². The van der Waals surface area contributed by atoms with Gasteiger partial charge in [-0.15, -0.1) is 0 Å². The van der Waals surface area contributed by atoms with E-state index >= 15 is 0 Å². The Morgan fingerprint density at radius 3 is 2.96 bits per heavy atom. The van der Waals surface area contributed by atoms with Gasteiger partial charge in [-0.2, -0.15) is 21.9 Å². The molecule has 0 unspecified atom stereocenters. The van der Waals surface area contributed by atoms with Crippen LogP contribution < -0.4 is 4.80 Å². The van der Waals surface area contributed by atoms with Crippen LogP contribution in [0.5, 0.6) is 0 Å². The van der Waals surface area contributed by atoms with Crippen LogP contribution >= 0.6 is 34.7 Å². The van der Waals surface area contributed by atoms with E-state index < -0.39 is 0 Å². The van der Waals surface area contributed by atoms with E-state index in [2.05, 4.69) is 20.9 Å². The lowest BCUT2D eigenvalue weighted by molar-refractivity contribution is 0.0992. The first-order chi connectivity index (χ1) is 11.6. The molecule has 24 heavy (non-hydrogen) atoms. The van der Waals surface area contributed by atoms with Crippen LogP contribution in [0.25, 0.3) is 10.2 Å². The lowest BCUT2D eigenvalue weighted by atomic mass is 10.3. The van der Waals surface area contributed by atoms with Gasteiger partial charge in [0.2, 0.25) is 0 Å². The summed E-state index contributed by atoms with van der Waals surface area (Å²) in [5.41, 5.74) is 1.41. The number of thioether (sulfide) groups is 1. The van der Waals surface area contributed by atoms with E-state index in [0.29, 0.717) is 15.5 Å². The third-order valence-corrected chi connectivity index (χ3v) is 5.41. The van der Waals surface area contributed by atoms with E-state index in [4.69, 9.17) is 11.6 Å². The normalized spacial score (nSPS) is 12.2. The van der Waals surface area contributed by atoms with Crippen molar-refractivity contribution >= 4 is 50.8 Å². The Labute approximate surface area is 153 Å². The number of amides is 1. The molecule has 0 aliphatic rings. The Hall–Kier alpha value is -1.57. The predicted octanol–water partition coefficient (Wildman–Crippen LogP) is 3.68. The standard InChI is InChI=1S/C16H17ClN4OS2/c1-3-20-7-6-12(19-20)15(22)18-16-21(8-9-23-2)13-5-4-11(17)10-14(13)24-16/h4-7,10H,3,8-9H2,1-2H3. The fraction of sp³-hybridized carbons (Fsp3) is 0.312. The number of halogens is 1. The summed E-state index contributed by atoms with van der Waals surface area (Å²) in [6, 6.07) is 7.45. The molecule has 3 rings (SSSR count). The zero-order valence-corrected chi connectivity index (χ0v) is 15.8. The monoisotopic (exact) mass is 380 g/mol. The number of fused-ring (bicyclic) bond motifs is 1. The molecule has 1 amide bonds. The molecular weight excluding hydrogens is 364 g/mol. The topological polar surface area (TPSA) is 52.2 Å². The number of carbonyl (C=O) groups excluding carboxylic acids is 1. The van der Waals surface area contributed by atoms with Gasteiger partial charge in [-0.3, -0.25) is 9.48 Å². The summed E-state index contributed by atoms with van der Waals surface area (Å²) >= 11 is 9.32. The largest absolute Gasteiger partial charge is 0.316 e. The summed E-state index contributed by atoms with van der Waals surface area (Å²) in [5.74, 6) is 0.623. The predicted molar refractivity (Wildman–Crippen MR) is 101 cm³/mol. The van der Waals surface area contributed by atoms with Crippen LogP contribution in [0, 0.1) is 0 Å². The van der Waals surface area contributed by atoms with Crippen molar-refractivity contribution in [3.63, 3.8) is 0 Å². The van der Waals surface area contributed by atoms with Crippen molar-refractivity contribution < 1.29 is 4.79 Å². The molecule has 0 aliphatic heterocycles. The molecule has 0 spiro atoms. The van der Waals surface area contributed by atoms with E-state index in [1.54, 1.807) is 28.7 Å². The minimum Gasteiger partial charge on any atom is -0.316 e. The van der Waals surface area contributed by atoms with Crippen LogP contribution in [0.4, 0.5) is 0 Å². The number of carbonyl (C=O) groups is 1. The SMILES string of the molecule is CCn1ccc(C(=O)N=c2sc3cc(Cl)ccc3n2CCSC)n1. The highest BCUT2D eigenvalue weighted by Crippen LogP contribution is 2.22. The van der Waals surface area contributed by atoms with E-state index in [1.807, 2.05) is 25.1 Å². The molecule has 2 heterocycles. The molecule has 0 saturated carbocycles. The maximum Gasteiger partial charge on any atom is 0.300 e. The molecule has 126 valence electrons. The van der Waals surface area contributed by atoms with Crippen molar-refractivity contribution in [1.29, 1.82) is 0 Å². The summed E-state index contributed by atoms with van der Waals surface area (Å²) < 4.78 is 4.81. The molecule has 0 atom stereocenters. The van der Waals surface area contributed by atoms with Gasteiger partial charge in [0.25, 0.3) is 5.91 Å². The van der Waals surface area contributed by atoms with Gasteiger partial charge in [0.1, 0.15) is 0 Å². The van der Waals surface area contributed by atoms with Crippen LogP contribution in [-0.4, -0.2) is 32.3 Å². The highest BCUT2D eigenvalue weighted by Gasteiger charge is 2.11. The Kier molecular flexibility index (Phi) is 5.43. The average Bonchev–Trinajstić information content (AvgIpc) is 3.17. The second-order valence-corrected chi connectivity index (χ2v) is 7.55. The lowest BCUT2D eigenvalue weighted by Crippen LogP contribution is -2.18. The Morgan fingerprint density at radius 2 is 2.25 bits per heavy atom. The first-order valence-corrected chi connectivity index (χ1v) is 10.1. The summed E-state index contributed by atoms with van der Waals surface area (Å²) in [6.07, 6.45) is 3.85. The van der Waals surface area contributed by atoms with Crippen molar-refractivity contribution in [2.24, 2.45) is 4.99 Å². The van der Waals surface area contributed by atoms with Crippen molar-refractivity contribution in [2.45, 2.75) is 20.0 Å². The van der Waals surface area contributed by atoms with E-state index in [1.165, 1.54) is 11.3 Å². The molecule has 8 heteroatoms. The van der Waals surface area contributed by atoms with E-state index in [-0.39, 0.29) is 5.91 Å². The minimum atomic E-state index is -0.322. The molecule has 0 N–H and O–H groups in total. The van der Waals surface area contributed by atoms with Crippen LogP contribution in [0.1, 0.15) is 17.4 Å². The minimum absolute atomic E-state index is 0.322. The summed E-state index contributed by atoms with van der Waals surface area (Å²) in [6.45, 7) is 3.49. The molecule has 5 nitrogen and oxygen atoms in total. The number of aromatic nitrogens is 3. The number of nitrogens with zero attached hydrogens (tertiary/aromatic N) is 4. The van der Waals surface area contributed by atoms with Gasteiger partial charge in [-0.05, 0) is 37.4 Å². The quantitative estimate of drug-likeness (QED) is 0.678. The van der Waals surface area contributed by atoms with Gasteiger partial charge in [0.05, 0.1) is 10.2 Å². The van der Waals surface area contributed by atoms with Gasteiger partial charge < -0.3 is 4.57 Å². The maximum absolute atomic E-state index is 12.4. The number of benzene rings is 1. The molecule has 1 aromatic carbocycles. The molecular formula is C16H17ClN4OS2. The molecule has 2 aromatic heterocycles. The molecule has 0 bridgehead atoms. The second kappa shape index (κ2) is 7.55. The third-order valence-electron chi connectivity index (χ3n) is 3.54. The van der Waals surface area contributed by atoms with Gasteiger partial charge in [-0.1, -0.05) is 22.9 Å². The second-order valence-electron chi connectivity index (χ2n) is 5.11. The first kappa shape index (κ1) is 17.3. The first-order valence-electron chi connectivity index (χ1n) is 7.52. The number of hydrogen-bond acceptors (Lipinski definition) is 4. The fourth-order valence-electron chi connectivity index (χ4n) is 2.33. The Morgan fingerprint density at radius 1 is 1.42 bits per heavy atom. The molecule has 0 radical (unpaired) electrons. The van der Waals surface area contributed by atoms with Crippen LogP contribution in [0.15, 0.2) is 35.5 Å². The number of thiazole rings is 1. The van der Waals surface area contributed by atoms with E-state index in [9.17, 15) is 4.79 Å². The fourth-order valence-corrected chi connectivity index (χ4v) is 4.02. The van der Waals surface area contributed by atoms with Crippen LogP contribution in [-0.2, 0) is 13.1 Å². The average molecular weight is 381 g/mol. The van der Waals surface area contributed by atoms with Crippen molar-refractivity contribution in [1.82, 2.24) is 14.3 Å². The highest BCUT2D eigenvalue weighted by atomic mass is 35.5. The zero-order valence-electron chi connectivity index (χ0n) is 13.4. The number of rotatable bonds is 5. The van der Waals surface area contributed by atoms with Crippen LogP contribution in [0.2, 0.25) is 5.02 Å². The van der Waals surface area contributed by atoms with Gasteiger partial charge in [0.15, 0.2) is 10.5 Å². The molecule has 0 fully saturated rings. The summed E-state index contributed by atoms with van der Waals surface area (Å²) in [4.78, 5) is 17.4. The Bertz CT molecular complexity index is 941. The zero-order chi connectivity index (χ0) is 17.1. The van der Waals surface area contributed by atoms with Crippen molar-refractivity contribution in [3.8, 4) is 0 Å². The van der Waals surface area contributed by atoms with Gasteiger partial charge in [0, 0.05) is 30.1 Å². The number of aryl methyl sites for hydroxylation is 2. The molecule has 0 saturated heterocycles. The van der Waals surface area contributed by atoms with E-state index in [0.717, 1.165) is 29.1 Å². The smallest absolute Gasteiger partial charge is 0.300 e. The summed E-state index contributed by atoms with van der Waals surface area (Å²) in [5, 5.41) is 4.91. The van der Waals surface area contributed by atoms with Crippen LogP contribution in [0.3, 0.4) is 0 Å². The van der Waals surface area contributed by atoms with Crippen molar-refractivity contribution in [3.05, 3.63) is 46.0 Å². The molecule has 3 aromatic rings. The van der Waals surface area contributed by atoms with Gasteiger partial charge >= 0.3 is 0 Å². The Balaban J connectivity index is 2.07. The summed E-state index contributed by atoms with van der Waals surface area (Å²) in [7, 11) is 0.